The zero-order valence-corrected chi connectivity index (χ0v) is 8.89. The minimum Gasteiger partial charge on any atom is -0.505 e. The molecule has 76 valence electrons. The Morgan fingerprint density at radius 3 is 2.36 bits per heavy atom. The van der Waals surface area contributed by atoms with E-state index in [1.54, 1.807) is 0 Å². The molecule has 14 heavy (non-hydrogen) atoms. The standard InChI is InChI=1S/C9H8Cl2O3/c1-5(12)14-4-6-2-7(10)9(13)8(11)3-6/h2-3,13H,4H2,1H3. The third-order valence-corrected chi connectivity index (χ3v) is 2.10. The summed E-state index contributed by atoms with van der Waals surface area (Å²) in [5, 5.41) is 9.51. The normalized spacial score (nSPS) is 9.93. The molecular formula is C9H8Cl2O3. The van der Waals surface area contributed by atoms with Crippen LogP contribution in [0.25, 0.3) is 0 Å². The van der Waals surface area contributed by atoms with Crippen molar-refractivity contribution in [2.45, 2.75) is 13.5 Å². The van der Waals surface area contributed by atoms with E-state index in [0.717, 1.165) is 0 Å². The van der Waals surface area contributed by atoms with Crippen LogP contribution in [-0.4, -0.2) is 11.1 Å². The van der Waals surface area contributed by atoms with Crippen LogP contribution in [0.3, 0.4) is 0 Å². The van der Waals surface area contributed by atoms with Crippen molar-refractivity contribution < 1.29 is 14.6 Å². The van der Waals surface area contributed by atoms with E-state index in [2.05, 4.69) is 0 Å². The topological polar surface area (TPSA) is 46.5 Å². The van der Waals surface area contributed by atoms with Crippen LogP contribution in [0, 0.1) is 0 Å². The highest BCUT2D eigenvalue weighted by atomic mass is 35.5. The SMILES string of the molecule is CC(=O)OCc1cc(Cl)c(O)c(Cl)c1. The number of carbonyl (C=O) groups is 1. The summed E-state index contributed by atoms with van der Waals surface area (Å²) < 4.78 is 4.74. The summed E-state index contributed by atoms with van der Waals surface area (Å²) in [4.78, 5) is 10.5. The van der Waals surface area contributed by atoms with Gasteiger partial charge in [0.05, 0.1) is 10.0 Å². The van der Waals surface area contributed by atoms with E-state index in [1.165, 1.54) is 19.1 Å². The second kappa shape index (κ2) is 4.53. The summed E-state index contributed by atoms with van der Waals surface area (Å²) in [6.07, 6.45) is 0. The van der Waals surface area contributed by atoms with E-state index in [4.69, 9.17) is 27.9 Å². The smallest absolute Gasteiger partial charge is 0.302 e. The van der Waals surface area contributed by atoms with Crippen LogP contribution in [0.4, 0.5) is 0 Å². The number of rotatable bonds is 2. The molecule has 0 amide bonds. The van der Waals surface area contributed by atoms with Gasteiger partial charge in [-0.3, -0.25) is 4.79 Å². The Morgan fingerprint density at radius 2 is 1.93 bits per heavy atom. The Labute approximate surface area is 91.2 Å². The van der Waals surface area contributed by atoms with Gasteiger partial charge in [-0.2, -0.15) is 0 Å². The summed E-state index contributed by atoms with van der Waals surface area (Å²) in [7, 11) is 0. The number of carbonyl (C=O) groups excluding carboxylic acids is 1. The molecule has 0 saturated carbocycles. The Balaban J connectivity index is 2.84. The highest BCUT2D eigenvalue weighted by Gasteiger charge is 2.07. The molecule has 0 heterocycles. The molecular weight excluding hydrogens is 227 g/mol. The summed E-state index contributed by atoms with van der Waals surface area (Å²) in [5.41, 5.74) is 0.632. The van der Waals surface area contributed by atoms with Crippen molar-refractivity contribution in [1.82, 2.24) is 0 Å². The van der Waals surface area contributed by atoms with Crippen molar-refractivity contribution in [3.8, 4) is 5.75 Å². The van der Waals surface area contributed by atoms with E-state index in [-0.39, 0.29) is 28.4 Å². The molecule has 0 aliphatic carbocycles. The average Bonchev–Trinajstić information content (AvgIpc) is 2.10. The van der Waals surface area contributed by atoms with E-state index < -0.39 is 0 Å². The first-order valence-corrected chi connectivity index (χ1v) is 4.56. The van der Waals surface area contributed by atoms with Gasteiger partial charge in [-0.05, 0) is 17.7 Å². The summed E-state index contributed by atoms with van der Waals surface area (Å²) in [6, 6.07) is 2.98. The van der Waals surface area contributed by atoms with Crippen LogP contribution in [0.2, 0.25) is 10.0 Å². The van der Waals surface area contributed by atoms with Gasteiger partial charge in [-0.1, -0.05) is 23.2 Å². The van der Waals surface area contributed by atoms with Gasteiger partial charge < -0.3 is 9.84 Å². The maximum absolute atomic E-state index is 10.5. The molecule has 0 aliphatic rings. The first-order chi connectivity index (χ1) is 6.50. The molecule has 1 aromatic rings. The number of esters is 1. The molecule has 0 spiro atoms. The van der Waals surface area contributed by atoms with Gasteiger partial charge in [0.15, 0.2) is 5.75 Å². The summed E-state index contributed by atoms with van der Waals surface area (Å²) in [6.45, 7) is 1.40. The minimum atomic E-state index is -0.384. The number of hydrogen-bond donors (Lipinski definition) is 1. The molecule has 5 heteroatoms. The highest BCUT2D eigenvalue weighted by Crippen LogP contribution is 2.32. The fourth-order valence-electron chi connectivity index (χ4n) is 0.886. The van der Waals surface area contributed by atoms with Crippen LogP contribution >= 0.6 is 23.2 Å². The van der Waals surface area contributed by atoms with Crippen molar-refractivity contribution in [3.05, 3.63) is 27.7 Å². The summed E-state index contributed by atoms with van der Waals surface area (Å²) >= 11 is 11.3. The monoisotopic (exact) mass is 234 g/mol. The Morgan fingerprint density at radius 1 is 1.43 bits per heavy atom. The van der Waals surface area contributed by atoms with Crippen LogP contribution in [0.1, 0.15) is 12.5 Å². The second-order valence-corrected chi connectivity index (χ2v) is 3.50. The predicted molar refractivity (Wildman–Crippen MR) is 53.6 cm³/mol. The molecule has 1 aromatic carbocycles. The number of hydrogen-bond acceptors (Lipinski definition) is 3. The van der Waals surface area contributed by atoms with Gasteiger partial charge in [-0.25, -0.2) is 0 Å². The predicted octanol–water partition coefficient (Wildman–Crippen LogP) is 2.76. The second-order valence-electron chi connectivity index (χ2n) is 2.69. The number of benzene rings is 1. The van der Waals surface area contributed by atoms with Gasteiger partial charge in [0.2, 0.25) is 0 Å². The Kier molecular flexibility index (Phi) is 3.61. The summed E-state index contributed by atoms with van der Waals surface area (Å²) in [5.74, 6) is -0.551. The van der Waals surface area contributed by atoms with Gasteiger partial charge in [0, 0.05) is 6.92 Å². The first kappa shape index (κ1) is 11.1. The number of phenols is 1. The molecule has 1 rings (SSSR count). The highest BCUT2D eigenvalue weighted by molar-refractivity contribution is 6.37. The molecule has 1 N–H and O–H groups in total. The lowest BCUT2D eigenvalue weighted by atomic mass is 10.2. The largest absolute Gasteiger partial charge is 0.505 e. The molecule has 0 saturated heterocycles. The molecule has 0 atom stereocenters. The van der Waals surface area contributed by atoms with E-state index in [1.807, 2.05) is 0 Å². The lowest BCUT2D eigenvalue weighted by molar-refractivity contribution is -0.142. The first-order valence-electron chi connectivity index (χ1n) is 3.81. The van der Waals surface area contributed by atoms with Gasteiger partial charge >= 0.3 is 5.97 Å². The Hall–Kier alpha value is -0.930. The van der Waals surface area contributed by atoms with Gasteiger partial charge in [-0.15, -0.1) is 0 Å². The lowest BCUT2D eigenvalue weighted by Gasteiger charge is -2.05. The van der Waals surface area contributed by atoms with Gasteiger partial charge in [0.25, 0.3) is 0 Å². The lowest BCUT2D eigenvalue weighted by Crippen LogP contribution is -1.98. The molecule has 0 aliphatic heterocycles. The van der Waals surface area contributed by atoms with Crippen molar-refractivity contribution >= 4 is 29.2 Å². The molecule has 0 aromatic heterocycles. The fourth-order valence-corrected chi connectivity index (χ4v) is 1.42. The van der Waals surface area contributed by atoms with Crippen molar-refractivity contribution in [3.63, 3.8) is 0 Å². The van der Waals surface area contributed by atoms with Gasteiger partial charge in [0.1, 0.15) is 6.61 Å². The minimum absolute atomic E-state index is 0.0923. The third-order valence-electron chi connectivity index (χ3n) is 1.52. The van der Waals surface area contributed by atoms with Crippen molar-refractivity contribution in [1.29, 1.82) is 0 Å². The maximum atomic E-state index is 10.5. The molecule has 0 bridgehead atoms. The molecule has 0 fully saturated rings. The molecule has 3 nitrogen and oxygen atoms in total. The average molecular weight is 235 g/mol. The maximum Gasteiger partial charge on any atom is 0.302 e. The van der Waals surface area contributed by atoms with E-state index >= 15 is 0 Å². The van der Waals surface area contributed by atoms with Crippen molar-refractivity contribution in [2.75, 3.05) is 0 Å². The zero-order chi connectivity index (χ0) is 10.7. The number of ether oxygens (including phenoxy) is 1. The quantitative estimate of drug-likeness (QED) is 0.801. The van der Waals surface area contributed by atoms with Crippen LogP contribution < -0.4 is 0 Å². The van der Waals surface area contributed by atoms with E-state index in [0.29, 0.717) is 5.56 Å². The third kappa shape index (κ3) is 2.79. The number of aromatic hydroxyl groups is 1. The molecule has 0 unspecified atom stereocenters. The zero-order valence-electron chi connectivity index (χ0n) is 7.38. The Bertz CT molecular complexity index is 340. The van der Waals surface area contributed by atoms with Crippen molar-refractivity contribution in [2.24, 2.45) is 0 Å². The van der Waals surface area contributed by atoms with E-state index in [9.17, 15) is 9.90 Å². The van der Waals surface area contributed by atoms with Crippen LogP contribution in [0.5, 0.6) is 5.75 Å². The number of halogens is 2. The molecule has 0 radical (unpaired) electrons. The van der Waals surface area contributed by atoms with Crippen LogP contribution in [-0.2, 0) is 16.1 Å². The van der Waals surface area contributed by atoms with Crippen LogP contribution in [0.15, 0.2) is 12.1 Å². The fraction of sp³-hybridized carbons (Fsp3) is 0.222. The number of phenolic OH excluding ortho intramolecular Hbond substituents is 1.